The molecule has 1 aromatic carbocycles. The molecular formula is C11H11ClN4O2. The van der Waals surface area contributed by atoms with E-state index in [1.54, 1.807) is 10.9 Å². The number of aromatic nitrogens is 3. The van der Waals surface area contributed by atoms with Gasteiger partial charge in [-0.25, -0.2) is 4.68 Å². The molecule has 0 saturated carbocycles. The van der Waals surface area contributed by atoms with E-state index in [1.165, 1.54) is 0 Å². The van der Waals surface area contributed by atoms with Gasteiger partial charge in [0.25, 0.3) is 0 Å². The van der Waals surface area contributed by atoms with Crippen LogP contribution in [0, 0.1) is 0 Å². The first-order chi connectivity index (χ1) is 8.72. The lowest BCUT2D eigenvalue weighted by Crippen LogP contribution is -2.16. The summed E-state index contributed by atoms with van der Waals surface area (Å²) < 4.78 is 12.6. The number of halogens is 1. The number of nitrogens with two attached hydrogens (primary N) is 1. The van der Waals surface area contributed by atoms with Gasteiger partial charge in [-0.2, -0.15) is 0 Å². The van der Waals surface area contributed by atoms with E-state index in [0.717, 1.165) is 5.56 Å². The van der Waals surface area contributed by atoms with Crippen molar-refractivity contribution >= 4 is 17.4 Å². The molecule has 6 nitrogen and oxygen atoms in total. The molecule has 0 aliphatic carbocycles. The molecule has 94 valence electrons. The summed E-state index contributed by atoms with van der Waals surface area (Å²) >= 11 is 6.14. The van der Waals surface area contributed by atoms with E-state index < -0.39 is 0 Å². The molecule has 0 spiro atoms. The fourth-order valence-corrected chi connectivity index (χ4v) is 2.12. The van der Waals surface area contributed by atoms with Crippen molar-refractivity contribution in [2.24, 2.45) is 0 Å². The van der Waals surface area contributed by atoms with E-state index in [0.29, 0.717) is 42.1 Å². The number of fused-ring (bicyclic) bond motifs is 1. The molecule has 1 aromatic heterocycles. The third-order valence-electron chi connectivity index (χ3n) is 2.56. The molecule has 18 heavy (non-hydrogen) atoms. The van der Waals surface area contributed by atoms with Crippen LogP contribution in [-0.4, -0.2) is 28.2 Å². The normalized spacial score (nSPS) is 13.6. The Labute approximate surface area is 108 Å². The quantitative estimate of drug-likeness (QED) is 0.888. The van der Waals surface area contributed by atoms with E-state index in [-0.39, 0.29) is 0 Å². The molecular weight excluding hydrogens is 256 g/mol. The van der Waals surface area contributed by atoms with E-state index in [1.807, 2.05) is 12.1 Å². The maximum atomic E-state index is 6.14. The summed E-state index contributed by atoms with van der Waals surface area (Å²) in [5.74, 6) is 1.65. The summed E-state index contributed by atoms with van der Waals surface area (Å²) in [6.45, 7) is 1.58. The molecule has 0 amide bonds. The van der Waals surface area contributed by atoms with E-state index >= 15 is 0 Å². The van der Waals surface area contributed by atoms with Crippen LogP contribution in [0.1, 0.15) is 5.56 Å². The Hall–Kier alpha value is -1.95. The van der Waals surface area contributed by atoms with Crippen LogP contribution >= 0.6 is 11.6 Å². The number of hydrogen-bond donors (Lipinski definition) is 1. The van der Waals surface area contributed by atoms with Gasteiger partial charge < -0.3 is 15.2 Å². The molecule has 0 atom stereocenters. The Bertz CT molecular complexity index is 584. The Morgan fingerprint density at radius 3 is 2.94 bits per heavy atom. The summed E-state index contributed by atoms with van der Waals surface area (Å²) in [7, 11) is 0. The third kappa shape index (κ3) is 2.06. The predicted octanol–water partition coefficient (Wildman–Crippen LogP) is 1.33. The van der Waals surface area contributed by atoms with Crippen molar-refractivity contribution in [1.29, 1.82) is 0 Å². The summed E-state index contributed by atoms with van der Waals surface area (Å²) in [6, 6.07) is 3.71. The molecule has 0 unspecified atom stereocenters. The van der Waals surface area contributed by atoms with Gasteiger partial charge in [0.15, 0.2) is 17.3 Å². The van der Waals surface area contributed by atoms with Crippen LogP contribution in [0.15, 0.2) is 18.3 Å². The summed E-state index contributed by atoms with van der Waals surface area (Å²) in [5.41, 5.74) is 6.46. The highest BCUT2D eigenvalue weighted by Crippen LogP contribution is 2.38. The van der Waals surface area contributed by atoms with Crippen LogP contribution in [0.4, 0.5) is 5.82 Å². The molecule has 3 rings (SSSR count). The van der Waals surface area contributed by atoms with Crippen molar-refractivity contribution < 1.29 is 9.47 Å². The largest absolute Gasteiger partial charge is 0.486 e. The number of benzene rings is 1. The average molecular weight is 267 g/mol. The van der Waals surface area contributed by atoms with Crippen molar-refractivity contribution in [2.75, 3.05) is 18.9 Å². The fourth-order valence-electron chi connectivity index (χ4n) is 1.83. The monoisotopic (exact) mass is 266 g/mol. The number of nitrogen functional groups attached to an aromatic ring is 1. The first-order valence-electron chi connectivity index (χ1n) is 5.46. The van der Waals surface area contributed by atoms with E-state index in [2.05, 4.69) is 10.3 Å². The molecule has 0 radical (unpaired) electrons. The molecule has 0 bridgehead atoms. The zero-order valence-corrected chi connectivity index (χ0v) is 10.2. The van der Waals surface area contributed by atoms with Crippen molar-refractivity contribution in [3.05, 3.63) is 28.9 Å². The van der Waals surface area contributed by atoms with E-state index in [9.17, 15) is 0 Å². The summed E-state index contributed by atoms with van der Waals surface area (Å²) in [6.07, 6.45) is 1.66. The second-order valence-corrected chi connectivity index (χ2v) is 4.35. The molecule has 2 heterocycles. The van der Waals surface area contributed by atoms with Gasteiger partial charge in [0, 0.05) is 0 Å². The van der Waals surface area contributed by atoms with Crippen LogP contribution < -0.4 is 15.2 Å². The van der Waals surface area contributed by atoms with Crippen LogP contribution in [0.5, 0.6) is 11.5 Å². The molecule has 2 aromatic rings. The van der Waals surface area contributed by atoms with Gasteiger partial charge in [-0.3, -0.25) is 0 Å². The number of ether oxygens (including phenoxy) is 2. The first-order valence-corrected chi connectivity index (χ1v) is 5.84. The average Bonchev–Trinajstić information content (AvgIpc) is 2.75. The van der Waals surface area contributed by atoms with Crippen molar-refractivity contribution in [3.63, 3.8) is 0 Å². The second-order valence-electron chi connectivity index (χ2n) is 3.94. The SMILES string of the molecule is Nc1cn(Cc2cc(Cl)c3c(c2)OCCO3)nn1. The standard InChI is InChI=1S/C11H11ClN4O2/c12-8-3-7(5-16-6-10(13)14-15-16)4-9-11(8)18-2-1-17-9/h3-4,6H,1-2,5,13H2. The first kappa shape index (κ1) is 11.2. The van der Waals surface area contributed by atoms with Crippen LogP contribution in [0.25, 0.3) is 0 Å². The highest BCUT2D eigenvalue weighted by molar-refractivity contribution is 6.32. The van der Waals surface area contributed by atoms with Crippen molar-refractivity contribution in [2.45, 2.75) is 6.54 Å². The van der Waals surface area contributed by atoms with E-state index in [4.69, 9.17) is 26.8 Å². The number of rotatable bonds is 2. The lowest BCUT2D eigenvalue weighted by Gasteiger charge is -2.20. The van der Waals surface area contributed by atoms with Crippen molar-refractivity contribution in [1.82, 2.24) is 15.0 Å². The van der Waals surface area contributed by atoms with Crippen LogP contribution in [-0.2, 0) is 6.54 Å². The Morgan fingerprint density at radius 1 is 1.33 bits per heavy atom. The summed E-state index contributed by atoms with van der Waals surface area (Å²) in [4.78, 5) is 0. The molecule has 2 N–H and O–H groups in total. The minimum absolute atomic E-state index is 0.388. The molecule has 1 aliphatic rings. The van der Waals surface area contributed by atoms with Gasteiger partial charge in [0.1, 0.15) is 13.2 Å². The van der Waals surface area contributed by atoms with Gasteiger partial charge in [-0.05, 0) is 17.7 Å². The smallest absolute Gasteiger partial charge is 0.179 e. The second kappa shape index (κ2) is 4.38. The highest BCUT2D eigenvalue weighted by Gasteiger charge is 2.16. The molecule has 7 heteroatoms. The topological polar surface area (TPSA) is 75.2 Å². The predicted molar refractivity (Wildman–Crippen MR) is 66.0 cm³/mol. The number of hydrogen-bond acceptors (Lipinski definition) is 5. The van der Waals surface area contributed by atoms with Crippen LogP contribution in [0.3, 0.4) is 0 Å². The third-order valence-corrected chi connectivity index (χ3v) is 2.84. The molecule has 0 saturated heterocycles. The lowest BCUT2D eigenvalue weighted by atomic mass is 10.2. The molecule has 0 fully saturated rings. The Balaban J connectivity index is 1.91. The zero-order valence-electron chi connectivity index (χ0n) is 9.47. The van der Waals surface area contributed by atoms with Gasteiger partial charge in [0.05, 0.1) is 17.8 Å². The minimum atomic E-state index is 0.388. The van der Waals surface area contributed by atoms with Crippen LogP contribution in [0.2, 0.25) is 5.02 Å². The van der Waals surface area contributed by atoms with Crippen molar-refractivity contribution in [3.8, 4) is 11.5 Å². The fraction of sp³-hybridized carbons (Fsp3) is 0.273. The van der Waals surface area contributed by atoms with Gasteiger partial charge in [0.2, 0.25) is 0 Å². The van der Waals surface area contributed by atoms with Gasteiger partial charge >= 0.3 is 0 Å². The zero-order chi connectivity index (χ0) is 12.5. The Morgan fingerprint density at radius 2 is 2.17 bits per heavy atom. The molecule has 1 aliphatic heterocycles. The lowest BCUT2D eigenvalue weighted by molar-refractivity contribution is 0.171. The Kier molecular flexibility index (Phi) is 2.71. The van der Waals surface area contributed by atoms with Gasteiger partial charge in [-0.1, -0.05) is 16.8 Å². The maximum Gasteiger partial charge on any atom is 0.179 e. The highest BCUT2D eigenvalue weighted by atomic mass is 35.5. The van der Waals surface area contributed by atoms with Gasteiger partial charge in [-0.15, -0.1) is 5.10 Å². The maximum absolute atomic E-state index is 6.14. The number of nitrogens with zero attached hydrogens (tertiary/aromatic N) is 3. The summed E-state index contributed by atoms with van der Waals surface area (Å²) in [5, 5.41) is 8.14. The minimum Gasteiger partial charge on any atom is -0.486 e. The number of anilines is 1.